The molecule has 0 aliphatic carbocycles. The number of hydrogen-bond donors (Lipinski definition) is 1. The quantitative estimate of drug-likeness (QED) is 0.685. The van der Waals surface area contributed by atoms with Gasteiger partial charge in [0.15, 0.2) is 0 Å². The Morgan fingerprint density at radius 2 is 2.11 bits per heavy atom. The standard InChI is InChI=1S/C15H28N2S/c1-4-7-8-13(6-3)14(16-9-5-2)12-15-17-10-11-18-15/h10-11,13-14,16H,4-9,12H2,1-3H3. The second-order valence-corrected chi connectivity index (χ2v) is 5.98. The zero-order valence-corrected chi connectivity index (χ0v) is 12.9. The van der Waals surface area contributed by atoms with Crippen molar-refractivity contribution in [3.05, 3.63) is 16.6 Å². The molecule has 0 bridgehead atoms. The molecule has 3 heteroatoms. The summed E-state index contributed by atoms with van der Waals surface area (Å²) in [6.07, 6.45) is 9.49. The van der Waals surface area contributed by atoms with E-state index in [1.165, 1.54) is 37.1 Å². The Morgan fingerprint density at radius 3 is 2.67 bits per heavy atom. The zero-order chi connectivity index (χ0) is 13.2. The van der Waals surface area contributed by atoms with Crippen LogP contribution >= 0.6 is 11.3 Å². The molecule has 104 valence electrons. The van der Waals surface area contributed by atoms with Crippen LogP contribution < -0.4 is 5.32 Å². The lowest BCUT2D eigenvalue weighted by Crippen LogP contribution is -2.38. The van der Waals surface area contributed by atoms with E-state index in [9.17, 15) is 0 Å². The van der Waals surface area contributed by atoms with Gasteiger partial charge < -0.3 is 5.32 Å². The molecule has 1 aromatic rings. The normalized spacial score (nSPS) is 14.6. The smallest absolute Gasteiger partial charge is 0.0940 e. The van der Waals surface area contributed by atoms with Gasteiger partial charge in [0.2, 0.25) is 0 Å². The lowest BCUT2D eigenvalue weighted by atomic mass is 9.89. The largest absolute Gasteiger partial charge is 0.313 e. The molecule has 0 saturated carbocycles. The Labute approximate surface area is 116 Å². The van der Waals surface area contributed by atoms with Crippen LogP contribution in [0.2, 0.25) is 0 Å². The van der Waals surface area contributed by atoms with Crippen LogP contribution in [0.5, 0.6) is 0 Å². The summed E-state index contributed by atoms with van der Waals surface area (Å²) in [5.74, 6) is 0.792. The van der Waals surface area contributed by atoms with Crippen molar-refractivity contribution < 1.29 is 0 Å². The van der Waals surface area contributed by atoms with E-state index in [-0.39, 0.29) is 0 Å². The van der Waals surface area contributed by atoms with Crippen LogP contribution in [0.3, 0.4) is 0 Å². The second kappa shape index (κ2) is 9.51. The number of thiazole rings is 1. The first-order chi connectivity index (χ1) is 8.81. The Hall–Kier alpha value is -0.410. The lowest BCUT2D eigenvalue weighted by molar-refractivity contribution is 0.315. The van der Waals surface area contributed by atoms with Crippen molar-refractivity contribution in [1.29, 1.82) is 0 Å². The number of rotatable bonds is 10. The Bertz CT molecular complexity index is 285. The fourth-order valence-corrected chi connectivity index (χ4v) is 3.11. The molecular weight excluding hydrogens is 240 g/mol. The number of nitrogens with one attached hydrogen (secondary N) is 1. The van der Waals surface area contributed by atoms with Crippen LogP contribution in [0.15, 0.2) is 11.6 Å². The minimum atomic E-state index is 0.604. The van der Waals surface area contributed by atoms with Crippen molar-refractivity contribution in [2.45, 2.75) is 65.3 Å². The molecule has 0 spiro atoms. The molecule has 0 aliphatic rings. The average Bonchev–Trinajstić information content (AvgIpc) is 2.89. The van der Waals surface area contributed by atoms with Gasteiger partial charge >= 0.3 is 0 Å². The number of nitrogens with zero attached hydrogens (tertiary/aromatic N) is 1. The maximum atomic E-state index is 4.44. The predicted molar refractivity (Wildman–Crippen MR) is 81.2 cm³/mol. The molecule has 1 aromatic heterocycles. The molecule has 0 radical (unpaired) electrons. The highest BCUT2D eigenvalue weighted by molar-refractivity contribution is 7.09. The average molecular weight is 268 g/mol. The molecule has 0 fully saturated rings. The van der Waals surface area contributed by atoms with E-state index < -0.39 is 0 Å². The molecule has 18 heavy (non-hydrogen) atoms. The molecule has 1 rings (SSSR count). The van der Waals surface area contributed by atoms with Crippen molar-refractivity contribution in [2.75, 3.05) is 6.54 Å². The van der Waals surface area contributed by atoms with E-state index in [1.807, 2.05) is 6.20 Å². The Balaban J connectivity index is 2.56. The van der Waals surface area contributed by atoms with Gasteiger partial charge in [0, 0.05) is 24.0 Å². The summed E-state index contributed by atoms with van der Waals surface area (Å²) < 4.78 is 0. The molecule has 2 atom stereocenters. The Kier molecular flexibility index (Phi) is 8.27. The highest BCUT2D eigenvalue weighted by Gasteiger charge is 2.20. The van der Waals surface area contributed by atoms with Crippen LogP contribution in [0.25, 0.3) is 0 Å². The van der Waals surface area contributed by atoms with E-state index in [0.717, 1.165) is 18.9 Å². The molecular formula is C15H28N2S. The molecule has 2 unspecified atom stereocenters. The summed E-state index contributed by atoms with van der Waals surface area (Å²) in [7, 11) is 0. The first-order valence-corrected chi connectivity index (χ1v) is 8.31. The molecule has 0 aliphatic heterocycles. The van der Waals surface area contributed by atoms with Crippen LogP contribution in [0.4, 0.5) is 0 Å². The van der Waals surface area contributed by atoms with Gasteiger partial charge in [0.05, 0.1) is 5.01 Å². The van der Waals surface area contributed by atoms with Crippen LogP contribution in [0.1, 0.15) is 57.9 Å². The SMILES string of the molecule is CCCCC(CC)C(Cc1nccs1)NCCC. The topological polar surface area (TPSA) is 24.9 Å². The fourth-order valence-electron chi connectivity index (χ4n) is 2.43. The van der Waals surface area contributed by atoms with Crippen LogP contribution in [-0.4, -0.2) is 17.6 Å². The van der Waals surface area contributed by atoms with E-state index in [0.29, 0.717) is 6.04 Å². The monoisotopic (exact) mass is 268 g/mol. The summed E-state index contributed by atoms with van der Waals surface area (Å²) in [6, 6.07) is 0.604. The van der Waals surface area contributed by atoms with Gasteiger partial charge in [-0.15, -0.1) is 11.3 Å². The van der Waals surface area contributed by atoms with Gasteiger partial charge in [-0.2, -0.15) is 0 Å². The van der Waals surface area contributed by atoms with Crippen LogP contribution in [0, 0.1) is 5.92 Å². The highest BCUT2D eigenvalue weighted by Crippen LogP contribution is 2.21. The number of hydrogen-bond acceptors (Lipinski definition) is 3. The predicted octanol–water partition coefficient (Wildman–Crippen LogP) is 4.27. The molecule has 0 amide bonds. The first kappa shape index (κ1) is 15.6. The second-order valence-electron chi connectivity index (χ2n) is 5.00. The lowest BCUT2D eigenvalue weighted by Gasteiger charge is -2.27. The maximum absolute atomic E-state index is 4.44. The van der Waals surface area contributed by atoms with Crippen molar-refractivity contribution >= 4 is 11.3 Å². The summed E-state index contributed by atoms with van der Waals surface area (Å²) >= 11 is 1.79. The third-order valence-corrected chi connectivity index (χ3v) is 4.36. The molecule has 0 aromatic carbocycles. The third kappa shape index (κ3) is 5.49. The van der Waals surface area contributed by atoms with E-state index >= 15 is 0 Å². The van der Waals surface area contributed by atoms with Crippen molar-refractivity contribution in [3.8, 4) is 0 Å². The van der Waals surface area contributed by atoms with Gasteiger partial charge in [0.25, 0.3) is 0 Å². The van der Waals surface area contributed by atoms with Crippen molar-refractivity contribution in [2.24, 2.45) is 5.92 Å². The molecule has 1 N–H and O–H groups in total. The van der Waals surface area contributed by atoms with Crippen molar-refractivity contribution in [3.63, 3.8) is 0 Å². The summed E-state index contributed by atoms with van der Waals surface area (Å²) in [5, 5.41) is 7.09. The fraction of sp³-hybridized carbons (Fsp3) is 0.800. The van der Waals surface area contributed by atoms with Gasteiger partial charge in [-0.05, 0) is 25.3 Å². The minimum Gasteiger partial charge on any atom is -0.313 e. The zero-order valence-electron chi connectivity index (χ0n) is 12.1. The van der Waals surface area contributed by atoms with Gasteiger partial charge in [-0.3, -0.25) is 0 Å². The summed E-state index contributed by atoms with van der Waals surface area (Å²) in [6.45, 7) is 7.96. The van der Waals surface area contributed by atoms with Crippen molar-refractivity contribution in [1.82, 2.24) is 10.3 Å². The van der Waals surface area contributed by atoms with E-state index in [4.69, 9.17) is 0 Å². The highest BCUT2D eigenvalue weighted by atomic mass is 32.1. The third-order valence-electron chi connectivity index (χ3n) is 3.56. The van der Waals surface area contributed by atoms with E-state index in [2.05, 4.69) is 36.5 Å². The first-order valence-electron chi connectivity index (χ1n) is 7.43. The summed E-state index contributed by atoms with van der Waals surface area (Å²) in [4.78, 5) is 4.44. The van der Waals surface area contributed by atoms with Gasteiger partial charge in [-0.25, -0.2) is 4.98 Å². The van der Waals surface area contributed by atoms with Gasteiger partial charge in [-0.1, -0.05) is 40.0 Å². The van der Waals surface area contributed by atoms with Crippen LogP contribution in [-0.2, 0) is 6.42 Å². The van der Waals surface area contributed by atoms with E-state index in [1.54, 1.807) is 11.3 Å². The molecule has 0 saturated heterocycles. The summed E-state index contributed by atoms with van der Waals surface area (Å²) in [5.41, 5.74) is 0. The molecule has 2 nitrogen and oxygen atoms in total. The van der Waals surface area contributed by atoms with Gasteiger partial charge in [0.1, 0.15) is 0 Å². The number of unbranched alkanes of at least 4 members (excludes halogenated alkanes) is 1. The molecule has 1 heterocycles. The number of aromatic nitrogens is 1. The minimum absolute atomic E-state index is 0.604. The maximum Gasteiger partial charge on any atom is 0.0940 e. The Morgan fingerprint density at radius 1 is 1.28 bits per heavy atom.